The van der Waals surface area contributed by atoms with Crippen LogP contribution in [0.1, 0.15) is 21.3 Å². The minimum atomic E-state index is -1.05. The highest BCUT2D eigenvalue weighted by atomic mass is 32.1. The third-order valence-corrected chi connectivity index (χ3v) is 5.13. The molecular weight excluding hydrogens is 338 g/mol. The lowest BCUT2D eigenvalue weighted by molar-refractivity contribution is 0.0979. The van der Waals surface area contributed by atoms with Crippen molar-refractivity contribution in [3.8, 4) is 6.07 Å². The van der Waals surface area contributed by atoms with E-state index in [0.29, 0.717) is 10.5 Å². The summed E-state index contributed by atoms with van der Waals surface area (Å²) in [4.78, 5) is 29.1. The number of benzene rings is 2. The van der Waals surface area contributed by atoms with Crippen molar-refractivity contribution in [2.75, 3.05) is 0 Å². The minimum absolute atomic E-state index is 0.196. The molecule has 25 heavy (non-hydrogen) atoms. The number of oxazole rings is 1. The van der Waals surface area contributed by atoms with Gasteiger partial charge in [0.15, 0.2) is 17.3 Å². The fourth-order valence-corrected chi connectivity index (χ4v) is 3.75. The molecule has 0 aliphatic carbocycles. The van der Waals surface area contributed by atoms with Crippen LogP contribution in [-0.2, 0) is 7.05 Å². The Bertz CT molecular complexity index is 1190. The quantitative estimate of drug-likeness (QED) is 0.530. The van der Waals surface area contributed by atoms with E-state index in [1.165, 1.54) is 15.9 Å². The van der Waals surface area contributed by atoms with Crippen LogP contribution in [0.5, 0.6) is 0 Å². The molecule has 0 N–H and O–H groups in total. The molecule has 0 saturated heterocycles. The molecule has 7 heteroatoms. The molecule has 122 valence electrons. The Morgan fingerprint density at radius 2 is 2.08 bits per heavy atom. The summed E-state index contributed by atoms with van der Waals surface area (Å²) in [7, 11) is 1.57. The van der Waals surface area contributed by atoms with Gasteiger partial charge >= 0.3 is 5.76 Å². The first-order valence-electron chi connectivity index (χ1n) is 7.48. The van der Waals surface area contributed by atoms with Crippen LogP contribution in [-0.4, -0.2) is 15.3 Å². The Morgan fingerprint density at radius 3 is 2.84 bits per heavy atom. The minimum Gasteiger partial charge on any atom is -0.407 e. The molecule has 0 amide bonds. The van der Waals surface area contributed by atoms with Crippen molar-refractivity contribution in [2.24, 2.45) is 7.05 Å². The second-order valence-electron chi connectivity index (χ2n) is 5.53. The second kappa shape index (κ2) is 5.69. The molecule has 2 aromatic heterocycles. The van der Waals surface area contributed by atoms with E-state index >= 15 is 0 Å². The van der Waals surface area contributed by atoms with Crippen molar-refractivity contribution in [3.05, 3.63) is 63.6 Å². The lowest BCUT2D eigenvalue weighted by atomic mass is 9.98. The third-order valence-electron chi connectivity index (χ3n) is 4.03. The number of nitrogens with zero attached hydrogens (tertiary/aromatic N) is 3. The topological polar surface area (TPSA) is 88.9 Å². The first-order valence-corrected chi connectivity index (χ1v) is 8.29. The van der Waals surface area contributed by atoms with Crippen molar-refractivity contribution in [2.45, 2.75) is 5.92 Å². The van der Waals surface area contributed by atoms with E-state index in [-0.39, 0.29) is 11.1 Å². The number of rotatable bonds is 3. The first-order chi connectivity index (χ1) is 12.1. The SMILES string of the molecule is Cn1c(=O)oc2c(C(=O)C(C#N)c3nc4ccccc4s3)cccc21. The molecule has 0 spiro atoms. The monoisotopic (exact) mass is 349 g/mol. The predicted molar refractivity (Wildman–Crippen MR) is 93.8 cm³/mol. The van der Waals surface area contributed by atoms with E-state index in [0.717, 1.165) is 10.2 Å². The number of ketones is 1. The van der Waals surface area contributed by atoms with Crippen LogP contribution in [0, 0.1) is 11.3 Å². The van der Waals surface area contributed by atoms with Gasteiger partial charge in [-0.05, 0) is 24.3 Å². The Labute approximate surface area is 145 Å². The molecule has 0 bridgehead atoms. The summed E-state index contributed by atoms with van der Waals surface area (Å²) in [6, 6.07) is 14.4. The van der Waals surface area contributed by atoms with Crippen LogP contribution in [0.15, 0.2) is 51.7 Å². The van der Waals surface area contributed by atoms with E-state index in [1.54, 1.807) is 25.2 Å². The van der Waals surface area contributed by atoms with Crippen LogP contribution in [0.2, 0.25) is 0 Å². The number of fused-ring (bicyclic) bond motifs is 2. The number of carbonyl (C=O) groups excluding carboxylic acids is 1. The highest BCUT2D eigenvalue weighted by Crippen LogP contribution is 2.31. The maximum Gasteiger partial charge on any atom is 0.419 e. The first kappa shape index (κ1) is 15.3. The van der Waals surface area contributed by atoms with E-state index in [4.69, 9.17) is 4.42 Å². The van der Waals surface area contributed by atoms with Gasteiger partial charge < -0.3 is 4.42 Å². The number of aryl methyl sites for hydroxylation is 1. The Hall–Kier alpha value is -3.24. The second-order valence-corrected chi connectivity index (χ2v) is 6.59. The van der Waals surface area contributed by atoms with Crippen LogP contribution < -0.4 is 5.76 Å². The van der Waals surface area contributed by atoms with E-state index in [1.807, 2.05) is 30.3 Å². The van der Waals surface area contributed by atoms with Crippen molar-refractivity contribution in [3.63, 3.8) is 0 Å². The molecule has 0 radical (unpaired) electrons. The van der Waals surface area contributed by atoms with Crippen molar-refractivity contribution in [1.29, 1.82) is 5.26 Å². The zero-order valence-corrected chi connectivity index (χ0v) is 13.9. The normalized spacial score (nSPS) is 12.3. The lowest BCUT2D eigenvalue weighted by Gasteiger charge is -2.05. The van der Waals surface area contributed by atoms with Gasteiger partial charge in [-0.1, -0.05) is 18.2 Å². The molecular formula is C18H11N3O3S. The van der Waals surface area contributed by atoms with Crippen LogP contribution in [0.4, 0.5) is 0 Å². The standard InChI is InChI=1S/C18H11N3O3S/c1-21-13-7-4-5-10(16(13)24-18(21)23)15(22)11(9-19)17-20-12-6-2-3-8-14(12)25-17/h2-8,11H,1H3. The fourth-order valence-electron chi connectivity index (χ4n) is 2.74. The van der Waals surface area contributed by atoms with Gasteiger partial charge in [0, 0.05) is 7.05 Å². The molecule has 0 aliphatic rings. The molecule has 4 aromatic rings. The average molecular weight is 349 g/mol. The smallest absolute Gasteiger partial charge is 0.407 e. The van der Waals surface area contributed by atoms with Gasteiger partial charge in [0.25, 0.3) is 0 Å². The van der Waals surface area contributed by atoms with Crippen molar-refractivity contribution < 1.29 is 9.21 Å². The zero-order chi connectivity index (χ0) is 17.6. The van der Waals surface area contributed by atoms with Gasteiger partial charge in [0.2, 0.25) is 0 Å². The maximum atomic E-state index is 13.0. The summed E-state index contributed by atoms with van der Waals surface area (Å²) in [5.74, 6) is -2.03. The maximum absolute atomic E-state index is 13.0. The van der Waals surface area contributed by atoms with Crippen LogP contribution >= 0.6 is 11.3 Å². The Kier molecular flexibility index (Phi) is 3.48. The number of nitriles is 1. The van der Waals surface area contributed by atoms with Crippen molar-refractivity contribution in [1.82, 2.24) is 9.55 Å². The molecule has 1 unspecified atom stereocenters. The number of hydrogen-bond acceptors (Lipinski definition) is 6. The van der Waals surface area contributed by atoms with Gasteiger partial charge in [-0.15, -0.1) is 11.3 Å². The van der Waals surface area contributed by atoms with E-state index < -0.39 is 17.5 Å². The van der Waals surface area contributed by atoms with E-state index in [9.17, 15) is 14.9 Å². The molecule has 4 rings (SSSR count). The number of hydrogen-bond donors (Lipinski definition) is 0. The average Bonchev–Trinajstić information content (AvgIpc) is 3.17. The Morgan fingerprint density at radius 1 is 1.28 bits per heavy atom. The highest BCUT2D eigenvalue weighted by molar-refractivity contribution is 7.18. The number of carbonyl (C=O) groups is 1. The highest BCUT2D eigenvalue weighted by Gasteiger charge is 2.28. The molecule has 2 heterocycles. The lowest BCUT2D eigenvalue weighted by Crippen LogP contribution is -2.11. The Balaban J connectivity index is 1.85. The number of para-hydroxylation sites is 2. The van der Waals surface area contributed by atoms with Gasteiger partial charge in [-0.25, -0.2) is 9.78 Å². The van der Waals surface area contributed by atoms with Gasteiger partial charge in [0.05, 0.1) is 27.4 Å². The number of Topliss-reactive ketones (excluding diaryl/α,β-unsaturated/α-hetero) is 1. The largest absolute Gasteiger partial charge is 0.419 e. The molecule has 2 aromatic carbocycles. The predicted octanol–water partition coefficient (Wildman–Crippen LogP) is 3.23. The number of aromatic nitrogens is 2. The van der Waals surface area contributed by atoms with Crippen molar-refractivity contribution >= 4 is 38.4 Å². The summed E-state index contributed by atoms with van der Waals surface area (Å²) >= 11 is 1.31. The summed E-state index contributed by atoms with van der Waals surface area (Å²) < 4.78 is 7.44. The summed E-state index contributed by atoms with van der Waals surface area (Å²) in [5.41, 5.74) is 1.67. The third kappa shape index (κ3) is 2.35. The molecule has 6 nitrogen and oxygen atoms in total. The molecule has 0 aliphatic heterocycles. The molecule has 0 saturated carbocycles. The fraction of sp³-hybridized carbons (Fsp3) is 0.111. The summed E-state index contributed by atoms with van der Waals surface area (Å²) in [6.45, 7) is 0. The molecule has 0 fully saturated rings. The van der Waals surface area contributed by atoms with Gasteiger partial charge in [0.1, 0.15) is 5.01 Å². The summed E-state index contributed by atoms with van der Waals surface area (Å²) in [6.07, 6.45) is 0. The number of thiazole rings is 1. The van der Waals surface area contributed by atoms with Crippen LogP contribution in [0.3, 0.4) is 0 Å². The van der Waals surface area contributed by atoms with Crippen LogP contribution in [0.25, 0.3) is 21.3 Å². The van der Waals surface area contributed by atoms with Gasteiger partial charge in [-0.3, -0.25) is 9.36 Å². The zero-order valence-electron chi connectivity index (χ0n) is 13.1. The molecule has 1 atom stereocenters. The van der Waals surface area contributed by atoms with E-state index in [2.05, 4.69) is 4.98 Å². The summed E-state index contributed by atoms with van der Waals surface area (Å²) in [5, 5.41) is 10.0. The van der Waals surface area contributed by atoms with Gasteiger partial charge in [-0.2, -0.15) is 5.26 Å².